The maximum absolute atomic E-state index is 12.1. The summed E-state index contributed by atoms with van der Waals surface area (Å²) in [5.41, 5.74) is 6.16. The average molecular weight is 260 g/mol. The molecule has 19 heavy (non-hydrogen) atoms. The second-order valence-corrected chi connectivity index (χ2v) is 5.61. The Morgan fingerprint density at radius 3 is 3.05 bits per heavy atom. The molecular formula is C15H20N2O2. The van der Waals surface area contributed by atoms with E-state index in [1.165, 1.54) is 12.8 Å². The largest absolute Gasteiger partial charge is 0.465 e. The van der Waals surface area contributed by atoms with Crippen LogP contribution in [0.4, 0.5) is 0 Å². The molecule has 4 nitrogen and oxygen atoms in total. The molecule has 1 saturated heterocycles. The minimum absolute atomic E-state index is 0.0676. The molecule has 0 bridgehead atoms. The summed E-state index contributed by atoms with van der Waals surface area (Å²) in [4.78, 5) is 14.1. The van der Waals surface area contributed by atoms with Crippen LogP contribution in [-0.2, 0) is 4.79 Å². The third kappa shape index (κ3) is 2.59. The summed E-state index contributed by atoms with van der Waals surface area (Å²) in [5, 5.41) is 0. The zero-order chi connectivity index (χ0) is 13.2. The Morgan fingerprint density at radius 1 is 1.42 bits per heavy atom. The van der Waals surface area contributed by atoms with Gasteiger partial charge in [0, 0.05) is 25.2 Å². The molecule has 3 unspecified atom stereocenters. The number of likely N-dealkylation sites (tertiary alicyclic amines) is 1. The molecule has 1 aliphatic heterocycles. The number of rotatable bonds is 2. The average Bonchev–Trinajstić information content (AvgIpc) is 3.05. The number of furan rings is 1. The first kappa shape index (κ1) is 12.5. The predicted octanol–water partition coefficient (Wildman–Crippen LogP) is 1.88. The molecule has 3 rings (SSSR count). The molecule has 2 aliphatic rings. The van der Waals surface area contributed by atoms with Gasteiger partial charge in [-0.05, 0) is 42.9 Å². The third-order valence-electron chi connectivity index (χ3n) is 4.40. The molecule has 0 spiro atoms. The molecule has 1 saturated carbocycles. The fourth-order valence-electron chi connectivity index (χ4n) is 3.34. The fraction of sp³-hybridized carbons (Fsp3) is 0.533. The van der Waals surface area contributed by atoms with Crippen molar-refractivity contribution in [3.8, 4) is 0 Å². The SMILES string of the molecule is NC1CCCC2CN(C(=O)/C=C/c3ccco3)CC12. The van der Waals surface area contributed by atoms with Crippen LogP contribution in [0.1, 0.15) is 25.0 Å². The van der Waals surface area contributed by atoms with E-state index in [9.17, 15) is 4.79 Å². The number of carbonyl (C=O) groups is 1. The van der Waals surface area contributed by atoms with E-state index < -0.39 is 0 Å². The molecule has 1 amide bonds. The molecule has 2 fully saturated rings. The van der Waals surface area contributed by atoms with E-state index >= 15 is 0 Å². The van der Waals surface area contributed by atoms with E-state index in [-0.39, 0.29) is 11.9 Å². The van der Waals surface area contributed by atoms with Gasteiger partial charge in [-0.3, -0.25) is 4.79 Å². The van der Waals surface area contributed by atoms with Crippen LogP contribution in [0.15, 0.2) is 28.9 Å². The Kier molecular flexibility index (Phi) is 3.42. The molecule has 102 valence electrons. The van der Waals surface area contributed by atoms with Crippen LogP contribution in [-0.4, -0.2) is 29.9 Å². The minimum atomic E-state index is 0.0676. The number of nitrogens with two attached hydrogens (primary N) is 1. The first-order valence-corrected chi connectivity index (χ1v) is 7.00. The number of fused-ring (bicyclic) bond motifs is 1. The van der Waals surface area contributed by atoms with Crippen molar-refractivity contribution < 1.29 is 9.21 Å². The molecule has 1 aliphatic carbocycles. The number of hydrogen-bond acceptors (Lipinski definition) is 3. The molecule has 2 N–H and O–H groups in total. The lowest BCUT2D eigenvalue weighted by molar-refractivity contribution is -0.125. The van der Waals surface area contributed by atoms with E-state index in [2.05, 4.69) is 0 Å². The molecule has 0 aromatic carbocycles. The lowest BCUT2D eigenvalue weighted by atomic mass is 9.78. The first-order valence-electron chi connectivity index (χ1n) is 7.00. The van der Waals surface area contributed by atoms with Crippen LogP contribution < -0.4 is 5.73 Å². The lowest BCUT2D eigenvalue weighted by Crippen LogP contribution is -2.38. The van der Waals surface area contributed by atoms with Crippen molar-refractivity contribution in [3.63, 3.8) is 0 Å². The van der Waals surface area contributed by atoms with Crippen molar-refractivity contribution >= 4 is 12.0 Å². The topological polar surface area (TPSA) is 59.5 Å². The highest BCUT2D eigenvalue weighted by atomic mass is 16.3. The molecular weight excluding hydrogens is 240 g/mol. The van der Waals surface area contributed by atoms with Gasteiger partial charge < -0.3 is 15.1 Å². The number of nitrogens with zero attached hydrogens (tertiary/aromatic N) is 1. The third-order valence-corrected chi connectivity index (χ3v) is 4.40. The van der Waals surface area contributed by atoms with E-state index in [1.54, 1.807) is 18.4 Å². The summed E-state index contributed by atoms with van der Waals surface area (Å²) in [7, 11) is 0. The summed E-state index contributed by atoms with van der Waals surface area (Å²) in [5.74, 6) is 1.87. The number of amides is 1. The maximum Gasteiger partial charge on any atom is 0.246 e. The van der Waals surface area contributed by atoms with Crippen molar-refractivity contribution in [2.75, 3.05) is 13.1 Å². The van der Waals surface area contributed by atoms with Crippen molar-refractivity contribution in [2.24, 2.45) is 17.6 Å². The minimum Gasteiger partial charge on any atom is -0.465 e. The van der Waals surface area contributed by atoms with E-state index in [4.69, 9.17) is 10.2 Å². The van der Waals surface area contributed by atoms with Crippen molar-refractivity contribution in [3.05, 3.63) is 30.2 Å². The van der Waals surface area contributed by atoms with Gasteiger partial charge in [0.05, 0.1) is 6.26 Å². The number of hydrogen-bond donors (Lipinski definition) is 1. The molecule has 4 heteroatoms. The Labute approximate surface area is 113 Å². The highest BCUT2D eigenvalue weighted by Crippen LogP contribution is 2.35. The highest BCUT2D eigenvalue weighted by molar-refractivity contribution is 5.91. The van der Waals surface area contributed by atoms with E-state index in [0.29, 0.717) is 17.6 Å². The van der Waals surface area contributed by atoms with Crippen LogP contribution >= 0.6 is 0 Å². The van der Waals surface area contributed by atoms with Crippen LogP contribution in [0, 0.1) is 11.8 Å². The second kappa shape index (κ2) is 5.21. The van der Waals surface area contributed by atoms with Gasteiger partial charge in [0.25, 0.3) is 0 Å². The Hall–Kier alpha value is -1.55. The van der Waals surface area contributed by atoms with Gasteiger partial charge in [-0.25, -0.2) is 0 Å². The molecule has 3 atom stereocenters. The summed E-state index contributed by atoms with van der Waals surface area (Å²) in [6.07, 6.45) is 8.45. The Morgan fingerprint density at radius 2 is 2.32 bits per heavy atom. The zero-order valence-electron chi connectivity index (χ0n) is 11.0. The van der Waals surface area contributed by atoms with Gasteiger partial charge in [-0.15, -0.1) is 0 Å². The van der Waals surface area contributed by atoms with Gasteiger partial charge in [0.15, 0.2) is 0 Å². The van der Waals surface area contributed by atoms with Gasteiger partial charge in [0.1, 0.15) is 5.76 Å². The summed E-state index contributed by atoms with van der Waals surface area (Å²) in [6, 6.07) is 3.92. The Balaban J connectivity index is 1.62. The second-order valence-electron chi connectivity index (χ2n) is 5.61. The summed E-state index contributed by atoms with van der Waals surface area (Å²) in [6.45, 7) is 1.67. The molecule has 2 heterocycles. The first-order chi connectivity index (χ1) is 9.24. The van der Waals surface area contributed by atoms with Crippen molar-refractivity contribution in [1.29, 1.82) is 0 Å². The molecule has 0 radical (unpaired) electrons. The monoisotopic (exact) mass is 260 g/mol. The van der Waals surface area contributed by atoms with Crippen LogP contribution in [0.2, 0.25) is 0 Å². The molecule has 1 aromatic heterocycles. The van der Waals surface area contributed by atoms with Crippen LogP contribution in [0.5, 0.6) is 0 Å². The van der Waals surface area contributed by atoms with Gasteiger partial charge >= 0.3 is 0 Å². The van der Waals surface area contributed by atoms with Gasteiger partial charge in [-0.1, -0.05) is 6.42 Å². The predicted molar refractivity (Wildman–Crippen MR) is 73.1 cm³/mol. The van der Waals surface area contributed by atoms with Crippen molar-refractivity contribution in [2.45, 2.75) is 25.3 Å². The standard InChI is InChI=1S/C15H20N2O2/c16-14-5-1-3-11-9-17(10-13(11)14)15(18)7-6-12-4-2-8-19-12/h2,4,6-8,11,13-14H,1,3,5,9-10,16H2/b7-6+. The lowest BCUT2D eigenvalue weighted by Gasteiger charge is -2.29. The van der Waals surface area contributed by atoms with Crippen LogP contribution in [0.3, 0.4) is 0 Å². The van der Waals surface area contributed by atoms with Crippen molar-refractivity contribution in [1.82, 2.24) is 4.90 Å². The van der Waals surface area contributed by atoms with Gasteiger partial charge in [0.2, 0.25) is 5.91 Å². The van der Waals surface area contributed by atoms with Gasteiger partial charge in [-0.2, -0.15) is 0 Å². The number of carbonyl (C=O) groups excluding carboxylic acids is 1. The zero-order valence-corrected chi connectivity index (χ0v) is 11.0. The smallest absolute Gasteiger partial charge is 0.246 e. The van der Waals surface area contributed by atoms with E-state index in [0.717, 1.165) is 19.5 Å². The quantitative estimate of drug-likeness (QED) is 0.826. The summed E-state index contributed by atoms with van der Waals surface area (Å²) < 4.78 is 5.18. The van der Waals surface area contributed by atoms with Crippen LogP contribution in [0.25, 0.3) is 6.08 Å². The maximum atomic E-state index is 12.1. The Bertz CT molecular complexity index is 466. The van der Waals surface area contributed by atoms with E-state index in [1.807, 2.05) is 17.0 Å². The summed E-state index contributed by atoms with van der Waals surface area (Å²) >= 11 is 0. The highest BCUT2D eigenvalue weighted by Gasteiger charge is 2.39. The molecule has 1 aromatic rings. The normalized spacial score (nSPS) is 30.8. The fourth-order valence-corrected chi connectivity index (χ4v) is 3.34.